The van der Waals surface area contributed by atoms with E-state index >= 15 is 0 Å². The molecule has 0 aliphatic heterocycles. The molecule has 0 unspecified atom stereocenters. The first-order valence-corrected chi connectivity index (χ1v) is 10.7. The van der Waals surface area contributed by atoms with Gasteiger partial charge >= 0.3 is 5.97 Å². The lowest BCUT2D eigenvalue weighted by Gasteiger charge is -2.20. The Bertz CT molecular complexity index is 938. The quantitative estimate of drug-likeness (QED) is 0.377. The second-order valence-electron chi connectivity index (χ2n) is 7.03. The Kier molecular flexibility index (Phi) is 7.04. The van der Waals surface area contributed by atoms with Gasteiger partial charge in [-0.25, -0.2) is 4.79 Å². The van der Waals surface area contributed by atoms with Crippen molar-refractivity contribution < 1.29 is 24.0 Å². The highest BCUT2D eigenvalue weighted by molar-refractivity contribution is 7.17. The summed E-state index contributed by atoms with van der Waals surface area (Å²) in [4.78, 5) is 36.3. The van der Waals surface area contributed by atoms with Gasteiger partial charge in [0.2, 0.25) is 0 Å². The molecule has 0 bridgehead atoms. The smallest absolute Gasteiger partial charge is 0.341 e. The maximum atomic E-state index is 12.5. The van der Waals surface area contributed by atoms with Crippen LogP contribution in [0, 0.1) is 16.0 Å². The van der Waals surface area contributed by atoms with Crippen molar-refractivity contribution in [3.8, 4) is 5.75 Å². The van der Waals surface area contributed by atoms with Gasteiger partial charge in [0, 0.05) is 17.0 Å². The first-order valence-electron chi connectivity index (χ1n) is 9.91. The number of non-ortho nitro benzene ring substituents is 1. The van der Waals surface area contributed by atoms with Crippen molar-refractivity contribution in [1.29, 1.82) is 0 Å². The van der Waals surface area contributed by atoms with Crippen LogP contribution in [0.15, 0.2) is 24.3 Å². The van der Waals surface area contributed by atoms with Crippen LogP contribution in [0.25, 0.3) is 0 Å². The molecule has 160 valence electrons. The molecule has 30 heavy (non-hydrogen) atoms. The third kappa shape index (κ3) is 4.96. The van der Waals surface area contributed by atoms with Gasteiger partial charge in [-0.15, -0.1) is 11.3 Å². The van der Waals surface area contributed by atoms with Crippen LogP contribution in [0.2, 0.25) is 0 Å². The minimum atomic E-state index is -0.505. The number of nitro benzene ring substituents is 1. The molecule has 1 amide bonds. The van der Waals surface area contributed by atoms with Crippen molar-refractivity contribution in [1.82, 2.24) is 0 Å². The lowest BCUT2D eigenvalue weighted by Crippen LogP contribution is -2.21. The molecule has 1 aromatic heterocycles. The number of benzene rings is 1. The highest BCUT2D eigenvalue weighted by Crippen LogP contribution is 2.40. The zero-order chi connectivity index (χ0) is 21.7. The Morgan fingerprint density at radius 3 is 2.63 bits per heavy atom. The van der Waals surface area contributed by atoms with Crippen molar-refractivity contribution in [2.75, 3.05) is 18.5 Å². The van der Waals surface area contributed by atoms with Crippen molar-refractivity contribution >= 4 is 33.9 Å². The Hall–Kier alpha value is -2.94. The Morgan fingerprint density at radius 1 is 1.27 bits per heavy atom. The largest absolute Gasteiger partial charge is 0.484 e. The van der Waals surface area contributed by atoms with Gasteiger partial charge in [-0.1, -0.05) is 13.3 Å². The van der Waals surface area contributed by atoms with Crippen molar-refractivity contribution in [2.24, 2.45) is 5.92 Å². The Morgan fingerprint density at radius 2 is 2.00 bits per heavy atom. The summed E-state index contributed by atoms with van der Waals surface area (Å²) in [5, 5.41) is 14.0. The molecule has 0 fully saturated rings. The molecule has 0 radical (unpaired) electrons. The van der Waals surface area contributed by atoms with E-state index < -0.39 is 16.8 Å². The molecule has 1 N–H and O–H groups in total. The van der Waals surface area contributed by atoms with Gasteiger partial charge in [0.15, 0.2) is 6.61 Å². The molecule has 1 aliphatic carbocycles. The average molecular weight is 432 g/mol. The minimum Gasteiger partial charge on any atom is -0.484 e. The number of carbonyl (C=O) groups excluding carboxylic acids is 2. The fraction of sp³-hybridized carbons (Fsp3) is 0.429. The Labute approximate surface area is 178 Å². The molecule has 3 rings (SSSR count). The summed E-state index contributed by atoms with van der Waals surface area (Å²) < 4.78 is 10.6. The molecule has 8 nitrogen and oxygen atoms in total. The second-order valence-corrected chi connectivity index (χ2v) is 8.14. The zero-order valence-electron chi connectivity index (χ0n) is 16.9. The van der Waals surface area contributed by atoms with E-state index in [1.807, 2.05) is 0 Å². The number of rotatable bonds is 8. The molecule has 1 atom stereocenters. The number of ether oxygens (including phenoxy) is 2. The lowest BCUT2D eigenvalue weighted by atomic mass is 9.85. The van der Waals surface area contributed by atoms with Gasteiger partial charge in [0.05, 0.1) is 17.1 Å². The van der Waals surface area contributed by atoms with Crippen LogP contribution in [-0.4, -0.2) is 30.0 Å². The normalized spacial score (nSPS) is 15.2. The van der Waals surface area contributed by atoms with Crippen molar-refractivity contribution in [3.05, 3.63) is 50.4 Å². The highest BCUT2D eigenvalue weighted by atomic mass is 32.1. The van der Waals surface area contributed by atoms with E-state index in [2.05, 4.69) is 12.2 Å². The zero-order valence-corrected chi connectivity index (χ0v) is 17.8. The van der Waals surface area contributed by atoms with E-state index in [1.54, 1.807) is 6.92 Å². The first-order chi connectivity index (χ1) is 14.4. The van der Waals surface area contributed by atoms with Crippen molar-refractivity contribution in [2.45, 2.75) is 39.5 Å². The first kappa shape index (κ1) is 21.8. The summed E-state index contributed by atoms with van der Waals surface area (Å²) >= 11 is 1.43. The third-order valence-corrected chi connectivity index (χ3v) is 6.26. The number of nitrogens with one attached hydrogen (secondary N) is 1. The number of carbonyl (C=O) groups is 2. The van der Waals surface area contributed by atoms with Gasteiger partial charge in [-0.2, -0.15) is 0 Å². The van der Waals surface area contributed by atoms with E-state index in [1.165, 1.54) is 35.6 Å². The molecule has 0 spiro atoms. The summed E-state index contributed by atoms with van der Waals surface area (Å²) in [7, 11) is 0. The topological polar surface area (TPSA) is 108 Å². The minimum absolute atomic E-state index is 0.0552. The fourth-order valence-corrected chi connectivity index (χ4v) is 4.85. The summed E-state index contributed by atoms with van der Waals surface area (Å²) in [5.41, 5.74) is 1.38. The number of hydrogen-bond acceptors (Lipinski definition) is 7. The number of fused-ring (bicyclic) bond motifs is 1. The number of amides is 1. The lowest BCUT2D eigenvalue weighted by molar-refractivity contribution is -0.384. The monoisotopic (exact) mass is 432 g/mol. The predicted molar refractivity (Wildman–Crippen MR) is 113 cm³/mol. The molecule has 0 saturated carbocycles. The highest BCUT2D eigenvalue weighted by Gasteiger charge is 2.29. The molecule has 9 heteroatoms. The van der Waals surface area contributed by atoms with Crippen LogP contribution in [-0.2, 0) is 22.4 Å². The fourth-order valence-electron chi connectivity index (χ4n) is 3.49. The van der Waals surface area contributed by atoms with Gasteiger partial charge in [0.1, 0.15) is 10.8 Å². The van der Waals surface area contributed by atoms with Crippen LogP contribution in [0.3, 0.4) is 0 Å². The van der Waals surface area contributed by atoms with Crippen LogP contribution in [0.4, 0.5) is 10.7 Å². The molecular formula is C21H24N2O6S. The number of hydrogen-bond donors (Lipinski definition) is 1. The maximum absolute atomic E-state index is 12.5. The SMILES string of the molecule is CCOC(=O)c1c(NC(=O)COc2ccc([N+](=O)[O-])cc2)sc2c1CC[C@H](CC)C2. The number of esters is 1. The van der Waals surface area contributed by atoms with E-state index in [4.69, 9.17) is 9.47 Å². The molecule has 1 aromatic carbocycles. The van der Waals surface area contributed by atoms with Crippen LogP contribution in [0.1, 0.15) is 47.5 Å². The number of nitrogens with zero attached hydrogens (tertiary/aromatic N) is 1. The van der Waals surface area contributed by atoms with Crippen molar-refractivity contribution in [3.63, 3.8) is 0 Å². The van der Waals surface area contributed by atoms with Crippen LogP contribution >= 0.6 is 11.3 Å². The summed E-state index contributed by atoms with van der Waals surface area (Å²) in [6.07, 6.45) is 3.80. The summed E-state index contributed by atoms with van der Waals surface area (Å²) in [5.74, 6) is 0.0962. The number of thiophene rings is 1. The molecule has 1 aliphatic rings. The second kappa shape index (κ2) is 9.71. The van der Waals surface area contributed by atoms with Gasteiger partial charge in [0.25, 0.3) is 11.6 Å². The van der Waals surface area contributed by atoms with Gasteiger partial charge < -0.3 is 14.8 Å². The van der Waals surface area contributed by atoms with Crippen LogP contribution in [0.5, 0.6) is 5.75 Å². The molecule has 1 heterocycles. The Balaban J connectivity index is 1.71. The van der Waals surface area contributed by atoms with E-state index in [9.17, 15) is 19.7 Å². The molecule has 2 aromatic rings. The van der Waals surface area contributed by atoms with E-state index in [0.717, 1.165) is 36.1 Å². The summed E-state index contributed by atoms with van der Waals surface area (Å²) in [6.45, 7) is 3.89. The third-order valence-electron chi connectivity index (χ3n) is 5.09. The van der Waals surface area contributed by atoms with Gasteiger partial charge in [-0.05, 0) is 49.8 Å². The standard InChI is InChI=1S/C21H24N2O6S/c1-3-13-5-10-16-17(11-13)30-20(19(16)21(25)28-4-2)22-18(24)12-29-15-8-6-14(7-9-15)23(26)27/h6-9,13H,3-5,10-12H2,1-2H3,(H,22,24)/t13-/m0/s1. The molecular weight excluding hydrogens is 408 g/mol. The predicted octanol–water partition coefficient (Wildman–Crippen LogP) is 4.37. The molecule has 0 saturated heterocycles. The van der Waals surface area contributed by atoms with E-state index in [-0.39, 0.29) is 18.9 Å². The maximum Gasteiger partial charge on any atom is 0.341 e. The van der Waals surface area contributed by atoms with E-state index in [0.29, 0.717) is 22.2 Å². The van der Waals surface area contributed by atoms with Gasteiger partial charge in [-0.3, -0.25) is 14.9 Å². The van der Waals surface area contributed by atoms with Crippen LogP contribution < -0.4 is 10.1 Å². The number of nitro groups is 1. The number of anilines is 1. The summed E-state index contributed by atoms with van der Waals surface area (Å²) in [6, 6.07) is 5.49. The average Bonchev–Trinajstić information content (AvgIpc) is 3.09.